The maximum absolute atomic E-state index is 9.63. The molecule has 4 rings (SSSR count). The summed E-state index contributed by atoms with van der Waals surface area (Å²) in [6.45, 7) is 4.69. The van der Waals surface area contributed by atoms with E-state index in [0.29, 0.717) is 11.8 Å². The van der Waals surface area contributed by atoms with Crippen molar-refractivity contribution in [2.75, 3.05) is 26.2 Å². The van der Waals surface area contributed by atoms with Gasteiger partial charge < -0.3 is 5.11 Å². The van der Waals surface area contributed by atoms with Gasteiger partial charge in [0.1, 0.15) is 5.75 Å². The molecular formula is C26H36N2O. The third kappa shape index (κ3) is 5.61. The highest BCUT2D eigenvalue weighted by Crippen LogP contribution is 2.29. The molecule has 1 N–H and O–H groups in total. The van der Waals surface area contributed by atoms with E-state index in [0.717, 1.165) is 25.6 Å². The lowest BCUT2D eigenvalue weighted by Gasteiger charge is -2.43. The zero-order valence-electron chi connectivity index (χ0n) is 17.7. The van der Waals surface area contributed by atoms with E-state index in [2.05, 4.69) is 52.3 Å². The monoisotopic (exact) mass is 392 g/mol. The van der Waals surface area contributed by atoms with Crippen LogP contribution in [0.2, 0.25) is 0 Å². The molecule has 156 valence electrons. The van der Waals surface area contributed by atoms with Gasteiger partial charge in [-0.05, 0) is 42.5 Å². The van der Waals surface area contributed by atoms with Gasteiger partial charge in [-0.25, -0.2) is 0 Å². The number of phenols is 1. The average molecular weight is 393 g/mol. The van der Waals surface area contributed by atoms with Crippen LogP contribution >= 0.6 is 0 Å². The predicted molar refractivity (Wildman–Crippen MR) is 120 cm³/mol. The largest absolute Gasteiger partial charge is 0.508 e. The quantitative estimate of drug-likeness (QED) is 0.737. The zero-order valence-corrected chi connectivity index (χ0v) is 17.7. The Balaban J connectivity index is 1.42. The van der Waals surface area contributed by atoms with Gasteiger partial charge in [0.2, 0.25) is 0 Å². The summed E-state index contributed by atoms with van der Waals surface area (Å²) in [5.41, 5.74) is 2.69. The van der Waals surface area contributed by atoms with Crippen LogP contribution in [0.25, 0.3) is 0 Å². The maximum Gasteiger partial charge on any atom is 0.115 e. The molecule has 3 nitrogen and oxygen atoms in total. The normalized spacial score (nSPS) is 21.4. The Morgan fingerprint density at radius 2 is 1.38 bits per heavy atom. The Kier molecular flexibility index (Phi) is 7.23. The van der Waals surface area contributed by atoms with Crippen LogP contribution in [0.4, 0.5) is 0 Å². The minimum atomic E-state index is 0.345. The van der Waals surface area contributed by atoms with E-state index in [1.807, 2.05) is 12.1 Å². The third-order valence-corrected chi connectivity index (χ3v) is 6.93. The average Bonchev–Trinajstić information content (AvgIpc) is 2.74. The molecule has 0 aromatic heterocycles. The van der Waals surface area contributed by atoms with Crippen LogP contribution in [0.15, 0.2) is 54.6 Å². The van der Waals surface area contributed by atoms with Gasteiger partial charge >= 0.3 is 0 Å². The standard InChI is InChI=1S/C26H36N2O/c29-25-15-13-22(14-16-25)21-26(23-9-5-4-6-10-23)28-19-17-27(18-20-28)24-11-7-2-1-3-8-12-24/h4-6,9-10,13-16,24,26,29H,1-3,7-8,11-12,17-21H2. The molecule has 0 radical (unpaired) electrons. The van der Waals surface area contributed by atoms with Gasteiger partial charge in [0.15, 0.2) is 0 Å². The summed E-state index contributed by atoms with van der Waals surface area (Å²) in [5.74, 6) is 0.345. The van der Waals surface area contributed by atoms with Gasteiger partial charge in [-0.3, -0.25) is 9.80 Å². The third-order valence-electron chi connectivity index (χ3n) is 6.93. The highest BCUT2D eigenvalue weighted by atomic mass is 16.3. The minimum Gasteiger partial charge on any atom is -0.508 e. The summed E-state index contributed by atoms with van der Waals surface area (Å²) < 4.78 is 0. The van der Waals surface area contributed by atoms with Crippen molar-refractivity contribution in [3.8, 4) is 5.75 Å². The number of rotatable bonds is 5. The molecular weight excluding hydrogens is 356 g/mol. The molecule has 3 heteroatoms. The second-order valence-electron chi connectivity index (χ2n) is 8.87. The summed E-state index contributed by atoms with van der Waals surface area (Å²) >= 11 is 0. The van der Waals surface area contributed by atoms with Gasteiger partial charge in [0.05, 0.1) is 0 Å². The number of nitrogens with zero attached hydrogens (tertiary/aromatic N) is 2. The second-order valence-corrected chi connectivity index (χ2v) is 8.87. The van der Waals surface area contributed by atoms with E-state index in [4.69, 9.17) is 0 Å². The Hall–Kier alpha value is -1.84. The summed E-state index contributed by atoms with van der Waals surface area (Å²) in [6, 6.07) is 19.9. The van der Waals surface area contributed by atoms with Crippen LogP contribution in [0.3, 0.4) is 0 Å². The summed E-state index contributed by atoms with van der Waals surface area (Å²) in [6.07, 6.45) is 10.9. The molecule has 29 heavy (non-hydrogen) atoms. The fourth-order valence-electron chi connectivity index (χ4n) is 5.20. The highest BCUT2D eigenvalue weighted by Gasteiger charge is 2.28. The Labute approximate surface area is 176 Å². The SMILES string of the molecule is Oc1ccc(CC(c2ccccc2)N2CCN(C3CCCCCCC3)CC2)cc1. The first-order valence-corrected chi connectivity index (χ1v) is 11.6. The summed E-state index contributed by atoms with van der Waals surface area (Å²) in [7, 11) is 0. The van der Waals surface area contributed by atoms with Crippen molar-refractivity contribution in [1.82, 2.24) is 9.80 Å². The van der Waals surface area contributed by atoms with Crippen molar-refractivity contribution in [2.45, 2.75) is 63.5 Å². The summed E-state index contributed by atoms with van der Waals surface area (Å²) in [5, 5.41) is 9.63. The molecule has 1 atom stereocenters. The van der Waals surface area contributed by atoms with Crippen molar-refractivity contribution in [1.29, 1.82) is 0 Å². The predicted octanol–water partition coefficient (Wildman–Crippen LogP) is 5.41. The van der Waals surface area contributed by atoms with E-state index in [1.165, 1.54) is 69.2 Å². The van der Waals surface area contributed by atoms with E-state index >= 15 is 0 Å². The van der Waals surface area contributed by atoms with Crippen molar-refractivity contribution in [2.24, 2.45) is 0 Å². The number of aromatic hydroxyl groups is 1. The van der Waals surface area contributed by atoms with Crippen LogP contribution in [0.5, 0.6) is 5.75 Å². The fraction of sp³-hybridized carbons (Fsp3) is 0.538. The highest BCUT2D eigenvalue weighted by molar-refractivity contribution is 5.29. The molecule has 1 aliphatic carbocycles. The van der Waals surface area contributed by atoms with Crippen LogP contribution in [0, 0.1) is 0 Å². The van der Waals surface area contributed by atoms with Crippen LogP contribution in [-0.2, 0) is 6.42 Å². The smallest absolute Gasteiger partial charge is 0.115 e. The lowest BCUT2D eigenvalue weighted by atomic mass is 9.94. The topological polar surface area (TPSA) is 26.7 Å². The van der Waals surface area contributed by atoms with E-state index < -0.39 is 0 Å². The summed E-state index contributed by atoms with van der Waals surface area (Å²) in [4.78, 5) is 5.46. The molecule has 2 aliphatic rings. The molecule has 2 aromatic rings. The van der Waals surface area contributed by atoms with Crippen molar-refractivity contribution < 1.29 is 5.11 Å². The number of hydrogen-bond donors (Lipinski definition) is 1. The molecule has 1 unspecified atom stereocenters. The maximum atomic E-state index is 9.63. The first-order chi connectivity index (χ1) is 14.3. The van der Waals surface area contributed by atoms with Gasteiger partial charge in [0, 0.05) is 38.3 Å². The van der Waals surface area contributed by atoms with Crippen LogP contribution < -0.4 is 0 Å². The minimum absolute atomic E-state index is 0.345. The fourth-order valence-corrected chi connectivity index (χ4v) is 5.20. The molecule has 1 aliphatic heterocycles. The number of benzene rings is 2. The second kappa shape index (κ2) is 10.3. The zero-order chi connectivity index (χ0) is 19.9. The number of piperazine rings is 1. The van der Waals surface area contributed by atoms with Gasteiger partial charge in [0.25, 0.3) is 0 Å². The molecule has 1 saturated heterocycles. The molecule has 1 saturated carbocycles. The lowest BCUT2D eigenvalue weighted by molar-refractivity contribution is 0.0595. The molecule has 1 heterocycles. The van der Waals surface area contributed by atoms with Gasteiger partial charge in [-0.15, -0.1) is 0 Å². The van der Waals surface area contributed by atoms with Gasteiger partial charge in [-0.1, -0.05) is 74.6 Å². The first-order valence-electron chi connectivity index (χ1n) is 11.6. The van der Waals surface area contributed by atoms with Crippen molar-refractivity contribution in [3.05, 3.63) is 65.7 Å². The van der Waals surface area contributed by atoms with Crippen LogP contribution in [-0.4, -0.2) is 47.1 Å². The Bertz CT molecular complexity index is 714. The molecule has 2 fully saturated rings. The molecule has 0 bridgehead atoms. The molecule has 0 amide bonds. The number of phenolic OH excluding ortho intramolecular Hbond substituents is 1. The van der Waals surface area contributed by atoms with Crippen molar-refractivity contribution in [3.63, 3.8) is 0 Å². The Morgan fingerprint density at radius 3 is 2.03 bits per heavy atom. The Morgan fingerprint density at radius 1 is 0.759 bits per heavy atom. The van der Waals surface area contributed by atoms with E-state index in [9.17, 15) is 5.11 Å². The molecule has 0 spiro atoms. The lowest BCUT2D eigenvalue weighted by Crippen LogP contribution is -2.51. The van der Waals surface area contributed by atoms with Gasteiger partial charge in [-0.2, -0.15) is 0 Å². The molecule has 2 aromatic carbocycles. The first kappa shape index (κ1) is 20.4. The van der Waals surface area contributed by atoms with E-state index in [1.54, 1.807) is 0 Å². The van der Waals surface area contributed by atoms with Crippen molar-refractivity contribution >= 4 is 0 Å². The van der Waals surface area contributed by atoms with E-state index in [-0.39, 0.29) is 0 Å². The van der Waals surface area contributed by atoms with Crippen LogP contribution in [0.1, 0.15) is 62.1 Å². The number of hydrogen-bond acceptors (Lipinski definition) is 3.